The third kappa shape index (κ3) is 5.41. The molecule has 1 amide bonds. The van der Waals surface area contributed by atoms with Crippen molar-refractivity contribution >= 4 is 11.6 Å². The first-order valence-electron chi connectivity index (χ1n) is 8.90. The van der Waals surface area contributed by atoms with Crippen LogP contribution in [0.2, 0.25) is 0 Å². The number of carbonyl (C=O) groups is 1. The van der Waals surface area contributed by atoms with Crippen LogP contribution in [0.5, 0.6) is 11.5 Å². The Morgan fingerprint density at radius 1 is 0.929 bits per heavy atom. The van der Waals surface area contributed by atoms with E-state index in [1.165, 1.54) is 0 Å². The van der Waals surface area contributed by atoms with Crippen molar-refractivity contribution in [1.29, 1.82) is 0 Å². The smallest absolute Gasteiger partial charge is 0.275 e. The lowest BCUT2D eigenvalue weighted by Crippen LogP contribution is -2.21. The summed E-state index contributed by atoms with van der Waals surface area (Å²) >= 11 is 0. The monoisotopic (exact) mass is 375 g/mol. The molecule has 0 fully saturated rings. The fourth-order valence-electron chi connectivity index (χ4n) is 2.44. The Morgan fingerprint density at radius 3 is 2.43 bits per heavy atom. The van der Waals surface area contributed by atoms with Gasteiger partial charge in [0.2, 0.25) is 0 Å². The molecule has 0 saturated heterocycles. The van der Waals surface area contributed by atoms with E-state index in [2.05, 4.69) is 15.5 Å². The Hall–Kier alpha value is -3.67. The van der Waals surface area contributed by atoms with Gasteiger partial charge in [0.25, 0.3) is 5.91 Å². The Bertz CT molecular complexity index is 928. The molecule has 1 heterocycles. The minimum Gasteiger partial charge on any atom is -0.490 e. The standard InChI is InChI=1S/C22H21N3O3/c1-17(20-12-7-8-14-23-20)24-25-22(26)19-11-5-6-13-21(19)28-16-15-27-18-9-3-2-4-10-18/h2-14H,15-16H2,1H3,(H,25,26)/b24-17-. The SMILES string of the molecule is C/C(=N/NC(=O)c1ccccc1OCCOc1ccccc1)c1ccccn1. The molecule has 1 aromatic heterocycles. The van der Waals surface area contributed by atoms with Crippen LogP contribution in [-0.4, -0.2) is 29.8 Å². The fourth-order valence-corrected chi connectivity index (χ4v) is 2.44. The number of amides is 1. The van der Waals surface area contributed by atoms with Crippen LogP contribution in [0.4, 0.5) is 0 Å². The van der Waals surface area contributed by atoms with Crippen LogP contribution in [0.15, 0.2) is 84.1 Å². The Morgan fingerprint density at radius 2 is 1.64 bits per heavy atom. The molecule has 0 unspecified atom stereocenters. The van der Waals surface area contributed by atoms with E-state index in [9.17, 15) is 4.79 Å². The highest BCUT2D eigenvalue weighted by Crippen LogP contribution is 2.18. The summed E-state index contributed by atoms with van der Waals surface area (Å²) in [5.74, 6) is 0.897. The molecule has 6 heteroatoms. The first-order chi connectivity index (χ1) is 13.7. The second kappa shape index (κ2) is 9.87. The molecule has 0 aliphatic carbocycles. The Balaban J connectivity index is 1.57. The quantitative estimate of drug-likeness (QED) is 0.370. The van der Waals surface area contributed by atoms with E-state index < -0.39 is 0 Å². The minimum absolute atomic E-state index is 0.315. The van der Waals surface area contributed by atoms with Crippen molar-refractivity contribution in [3.05, 3.63) is 90.3 Å². The van der Waals surface area contributed by atoms with Gasteiger partial charge < -0.3 is 9.47 Å². The minimum atomic E-state index is -0.352. The highest BCUT2D eigenvalue weighted by Gasteiger charge is 2.12. The van der Waals surface area contributed by atoms with Gasteiger partial charge in [0.1, 0.15) is 24.7 Å². The second-order valence-corrected chi connectivity index (χ2v) is 5.86. The van der Waals surface area contributed by atoms with Crippen LogP contribution in [0.25, 0.3) is 0 Å². The summed E-state index contributed by atoms with van der Waals surface area (Å²) in [6, 6.07) is 22.0. The number of hydrogen-bond acceptors (Lipinski definition) is 5. The van der Waals surface area contributed by atoms with E-state index in [1.54, 1.807) is 31.3 Å². The summed E-state index contributed by atoms with van der Waals surface area (Å²) in [5, 5.41) is 4.12. The average Bonchev–Trinajstić information content (AvgIpc) is 2.76. The van der Waals surface area contributed by atoms with Crippen LogP contribution in [-0.2, 0) is 0 Å². The van der Waals surface area contributed by atoms with Crippen LogP contribution in [0.1, 0.15) is 23.0 Å². The van der Waals surface area contributed by atoms with Gasteiger partial charge in [0.15, 0.2) is 0 Å². The molecule has 0 aliphatic heterocycles. The van der Waals surface area contributed by atoms with Gasteiger partial charge in [-0.15, -0.1) is 0 Å². The van der Waals surface area contributed by atoms with Crippen LogP contribution in [0.3, 0.4) is 0 Å². The molecular formula is C22H21N3O3. The molecule has 28 heavy (non-hydrogen) atoms. The number of benzene rings is 2. The normalized spacial score (nSPS) is 11.0. The van der Waals surface area contributed by atoms with Crippen molar-refractivity contribution in [3.8, 4) is 11.5 Å². The molecule has 3 rings (SSSR count). The Kier molecular flexibility index (Phi) is 6.73. The van der Waals surface area contributed by atoms with Crippen molar-refractivity contribution in [2.24, 2.45) is 5.10 Å². The summed E-state index contributed by atoms with van der Waals surface area (Å²) in [7, 11) is 0. The highest BCUT2D eigenvalue weighted by molar-refractivity contribution is 6.00. The number of para-hydroxylation sites is 2. The molecule has 1 N–H and O–H groups in total. The van der Waals surface area contributed by atoms with Crippen LogP contribution in [0, 0.1) is 0 Å². The number of aromatic nitrogens is 1. The number of hydrazone groups is 1. The molecule has 3 aromatic rings. The fraction of sp³-hybridized carbons (Fsp3) is 0.136. The number of ether oxygens (including phenoxy) is 2. The first-order valence-corrected chi connectivity index (χ1v) is 8.90. The molecule has 0 bridgehead atoms. The second-order valence-electron chi connectivity index (χ2n) is 5.86. The Labute approximate surface area is 163 Å². The van der Waals surface area contributed by atoms with E-state index in [-0.39, 0.29) is 5.91 Å². The third-order valence-electron chi connectivity index (χ3n) is 3.85. The lowest BCUT2D eigenvalue weighted by molar-refractivity contribution is 0.0949. The molecule has 142 valence electrons. The van der Waals surface area contributed by atoms with E-state index >= 15 is 0 Å². The van der Waals surface area contributed by atoms with E-state index in [1.807, 2.05) is 54.6 Å². The summed E-state index contributed by atoms with van der Waals surface area (Å²) in [5.41, 5.74) is 4.27. The van der Waals surface area contributed by atoms with Crippen molar-refractivity contribution < 1.29 is 14.3 Å². The number of nitrogens with one attached hydrogen (secondary N) is 1. The van der Waals surface area contributed by atoms with Crippen LogP contribution >= 0.6 is 0 Å². The van der Waals surface area contributed by atoms with Crippen LogP contribution < -0.4 is 14.9 Å². The molecular weight excluding hydrogens is 354 g/mol. The van der Waals surface area contributed by atoms with E-state index in [0.29, 0.717) is 35.9 Å². The summed E-state index contributed by atoms with van der Waals surface area (Å²) in [4.78, 5) is 16.7. The predicted octanol–water partition coefficient (Wildman–Crippen LogP) is 3.69. The molecule has 2 aromatic carbocycles. The average molecular weight is 375 g/mol. The number of rotatable bonds is 8. The van der Waals surface area contributed by atoms with Gasteiger partial charge in [-0.3, -0.25) is 9.78 Å². The van der Waals surface area contributed by atoms with Gasteiger partial charge in [0.05, 0.1) is 17.0 Å². The zero-order valence-electron chi connectivity index (χ0n) is 15.5. The largest absolute Gasteiger partial charge is 0.490 e. The van der Waals surface area contributed by atoms with Gasteiger partial charge in [0, 0.05) is 6.20 Å². The summed E-state index contributed by atoms with van der Waals surface area (Å²) in [6.07, 6.45) is 1.68. The first kappa shape index (κ1) is 19.1. The lowest BCUT2D eigenvalue weighted by atomic mass is 10.2. The third-order valence-corrected chi connectivity index (χ3v) is 3.85. The number of hydrogen-bond donors (Lipinski definition) is 1. The van der Waals surface area contributed by atoms with E-state index in [0.717, 1.165) is 5.75 Å². The van der Waals surface area contributed by atoms with Gasteiger partial charge >= 0.3 is 0 Å². The topological polar surface area (TPSA) is 72.8 Å². The molecule has 0 spiro atoms. The summed E-state index contributed by atoms with van der Waals surface area (Å²) < 4.78 is 11.3. The predicted molar refractivity (Wildman–Crippen MR) is 108 cm³/mol. The zero-order valence-corrected chi connectivity index (χ0v) is 15.5. The van der Waals surface area contributed by atoms with Crippen molar-refractivity contribution in [3.63, 3.8) is 0 Å². The summed E-state index contributed by atoms with van der Waals surface area (Å²) in [6.45, 7) is 2.47. The van der Waals surface area contributed by atoms with Crippen molar-refractivity contribution in [2.75, 3.05) is 13.2 Å². The van der Waals surface area contributed by atoms with Gasteiger partial charge in [-0.1, -0.05) is 36.4 Å². The number of pyridine rings is 1. The van der Waals surface area contributed by atoms with Gasteiger partial charge in [-0.05, 0) is 43.3 Å². The molecule has 6 nitrogen and oxygen atoms in total. The number of carbonyl (C=O) groups excluding carboxylic acids is 1. The zero-order chi connectivity index (χ0) is 19.6. The number of nitrogens with zero attached hydrogens (tertiary/aromatic N) is 2. The molecule has 0 atom stereocenters. The maximum absolute atomic E-state index is 12.5. The molecule has 0 aliphatic rings. The molecule has 0 saturated carbocycles. The van der Waals surface area contributed by atoms with Crippen molar-refractivity contribution in [2.45, 2.75) is 6.92 Å². The van der Waals surface area contributed by atoms with E-state index in [4.69, 9.17) is 9.47 Å². The lowest BCUT2D eigenvalue weighted by Gasteiger charge is -2.11. The van der Waals surface area contributed by atoms with Gasteiger partial charge in [-0.25, -0.2) is 5.43 Å². The van der Waals surface area contributed by atoms with Crippen molar-refractivity contribution in [1.82, 2.24) is 10.4 Å². The maximum atomic E-state index is 12.5. The molecule has 0 radical (unpaired) electrons. The van der Waals surface area contributed by atoms with Gasteiger partial charge in [-0.2, -0.15) is 5.10 Å². The highest BCUT2D eigenvalue weighted by atomic mass is 16.5. The maximum Gasteiger partial charge on any atom is 0.275 e.